The molecule has 0 aromatic heterocycles. The lowest BCUT2D eigenvalue weighted by Crippen LogP contribution is -2.53. The van der Waals surface area contributed by atoms with Gasteiger partial charge in [0.1, 0.15) is 6.04 Å². The van der Waals surface area contributed by atoms with Crippen LogP contribution in [-0.2, 0) is 9.53 Å². The number of alkyl halides is 2. The van der Waals surface area contributed by atoms with Crippen molar-refractivity contribution >= 4 is 12.0 Å². The molecule has 3 atom stereocenters. The zero-order valence-corrected chi connectivity index (χ0v) is 14.4. The Bertz CT molecular complexity index is 496. The van der Waals surface area contributed by atoms with Crippen LogP contribution in [0, 0.1) is 17.3 Å². The molecular formula is C16H26F2N2O3. The third-order valence-electron chi connectivity index (χ3n) is 5.13. The Balaban J connectivity index is 2.19. The zero-order chi connectivity index (χ0) is 17.6. The molecule has 2 aliphatic rings. The first-order valence-corrected chi connectivity index (χ1v) is 8.07. The van der Waals surface area contributed by atoms with Crippen molar-refractivity contribution in [3.63, 3.8) is 0 Å². The average molecular weight is 332 g/mol. The Morgan fingerprint density at radius 1 is 1.26 bits per heavy atom. The van der Waals surface area contributed by atoms with Gasteiger partial charge in [-0.2, -0.15) is 0 Å². The molecule has 2 fully saturated rings. The molecule has 5 nitrogen and oxygen atoms in total. The molecule has 1 spiro atoms. The number of nitrogens with one attached hydrogen (secondary N) is 1. The first kappa shape index (κ1) is 17.9. The second-order valence-corrected chi connectivity index (χ2v) is 7.50. The van der Waals surface area contributed by atoms with Gasteiger partial charge in [0.15, 0.2) is 0 Å². The van der Waals surface area contributed by atoms with E-state index < -0.39 is 23.5 Å². The normalized spacial score (nSPS) is 30.0. The lowest BCUT2D eigenvalue weighted by Gasteiger charge is -2.32. The number of likely N-dealkylation sites (tertiary alicyclic amines) is 1. The number of hydrogen-bond acceptors (Lipinski definition) is 3. The Morgan fingerprint density at radius 2 is 1.83 bits per heavy atom. The quantitative estimate of drug-likeness (QED) is 0.861. The highest BCUT2D eigenvalue weighted by Gasteiger charge is 2.74. The summed E-state index contributed by atoms with van der Waals surface area (Å²) >= 11 is 0. The number of carbonyl (C=O) groups excluding carboxylic acids is 2. The van der Waals surface area contributed by atoms with Gasteiger partial charge in [0.25, 0.3) is 5.92 Å². The largest absolute Gasteiger partial charge is 0.453 e. The van der Waals surface area contributed by atoms with E-state index in [0.717, 1.165) is 0 Å². The van der Waals surface area contributed by atoms with E-state index in [-0.39, 0.29) is 36.8 Å². The summed E-state index contributed by atoms with van der Waals surface area (Å²) in [7, 11) is 1.23. The van der Waals surface area contributed by atoms with Crippen LogP contribution in [0.25, 0.3) is 0 Å². The van der Waals surface area contributed by atoms with Gasteiger partial charge in [-0.15, -0.1) is 0 Å². The molecular weight excluding hydrogens is 306 g/mol. The summed E-state index contributed by atoms with van der Waals surface area (Å²) in [5.74, 6) is -3.06. The van der Waals surface area contributed by atoms with Gasteiger partial charge in [-0.3, -0.25) is 4.79 Å². The third kappa shape index (κ3) is 3.15. The van der Waals surface area contributed by atoms with Crippen LogP contribution < -0.4 is 5.32 Å². The van der Waals surface area contributed by atoms with Crippen LogP contribution >= 0.6 is 0 Å². The maximum Gasteiger partial charge on any atom is 0.407 e. The number of methoxy groups -OCH3 is 1. The van der Waals surface area contributed by atoms with Crippen molar-refractivity contribution in [3.05, 3.63) is 0 Å². The van der Waals surface area contributed by atoms with Crippen molar-refractivity contribution < 1.29 is 23.1 Å². The molecule has 0 bridgehead atoms. The van der Waals surface area contributed by atoms with Crippen LogP contribution in [0.5, 0.6) is 0 Å². The van der Waals surface area contributed by atoms with Crippen molar-refractivity contribution in [2.45, 2.75) is 58.5 Å². The zero-order valence-electron chi connectivity index (χ0n) is 14.4. The maximum absolute atomic E-state index is 13.8. The van der Waals surface area contributed by atoms with Crippen molar-refractivity contribution in [1.82, 2.24) is 10.2 Å². The highest BCUT2D eigenvalue weighted by atomic mass is 19.3. The maximum atomic E-state index is 13.8. The van der Waals surface area contributed by atoms with Crippen LogP contribution in [0.15, 0.2) is 0 Å². The molecule has 132 valence electrons. The predicted molar refractivity (Wildman–Crippen MR) is 81.1 cm³/mol. The highest BCUT2D eigenvalue weighted by Crippen LogP contribution is 2.66. The van der Waals surface area contributed by atoms with Gasteiger partial charge in [-0.1, -0.05) is 27.7 Å². The van der Waals surface area contributed by atoms with E-state index in [1.54, 1.807) is 18.7 Å². The van der Waals surface area contributed by atoms with E-state index in [1.807, 2.05) is 13.8 Å². The fourth-order valence-electron chi connectivity index (χ4n) is 3.51. The number of halogens is 2. The van der Waals surface area contributed by atoms with Crippen molar-refractivity contribution in [2.24, 2.45) is 17.3 Å². The lowest BCUT2D eigenvalue weighted by atomic mass is 9.95. The summed E-state index contributed by atoms with van der Waals surface area (Å²) in [5, 5.41) is 2.53. The number of hydrogen-bond donors (Lipinski definition) is 1. The third-order valence-corrected chi connectivity index (χ3v) is 5.13. The first-order chi connectivity index (χ1) is 10.5. The Morgan fingerprint density at radius 3 is 2.22 bits per heavy atom. The van der Waals surface area contributed by atoms with Crippen LogP contribution in [0.3, 0.4) is 0 Å². The molecule has 0 aromatic carbocycles. The summed E-state index contributed by atoms with van der Waals surface area (Å²) in [6.45, 7) is 7.54. The molecule has 1 saturated heterocycles. The fraction of sp³-hybridized carbons (Fsp3) is 0.875. The van der Waals surface area contributed by atoms with Crippen LogP contribution in [0.4, 0.5) is 13.6 Å². The molecule has 0 unspecified atom stereocenters. The number of carbonyl (C=O) groups is 2. The van der Waals surface area contributed by atoms with E-state index in [0.29, 0.717) is 6.42 Å². The smallest absolute Gasteiger partial charge is 0.407 e. The summed E-state index contributed by atoms with van der Waals surface area (Å²) in [5.41, 5.74) is -1.07. The summed E-state index contributed by atoms with van der Waals surface area (Å²) in [6, 6.07) is -0.997. The first-order valence-electron chi connectivity index (χ1n) is 8.07. The molecule has 2 rings (SSSR count). The number of alkyl carbamates (subject to hydrolysis) is 1. The number of rotatable bonds is 4. The fourth-order valence-corrected chi connectivity index (χ4v) is 3.51. The van der Waals surface area contributed by atoms with E-state index >= 15 is 0 Å². The monoisotopic (exact) mass is 332 g/mol. The van der Waals surface area contributed by atoms with Crippen molar-refractivity contribution in [2.75, 3.05) is 13.7 Å². The topological polar surface area (TPSA) is 58.6 Å². The van der Waals surface area contributed by atoms with Gasteiger partial charge >= 0.3 is 6.09 Å². The van der Waals surface area contributed by atoms with Crippen LogP contribution in [0.2, 0.25) is 0 Å². The number of nitrogens with zero attached hydrogens (tertiary/aromatic N) is 1. The summed E-state index contributed by atoms with van der Waals surface area (Å²) < 4.78 is 32.1. The summed E-state index contributed by atoms with van der Waals surface area (Å²) in [4.78, 5) is 25.9. The van der Waals surface area contributed by atoms with Gasteiger partial charge in [-0.25, -0.2) is 13.6 Å². The standard InChI is InChI=1S/C16H26F2N2O3/c1-9(2)11-6-15(7-16(15,17)18)8-20(11)13(21)12(10(3)4)19-14(22)23-5/h9-12H,6-8H2,1-5H3,(H,19,22)/t11-,12-,15-/m0/s1. The van der Waals surface area contributed by atoms with Gasteiger partial charge < -0.3 is 15.0 Å². The average Bonchev–Trinajstić information content (AvgIpc) is 2.81. The molecule has 1 aliphatic carbocycles. The van der Waals surface area contributed by atoms with E-state index in [2.05, 4.69) is 10.1 Å². The van der Waals surface area contributed by atoms with Crippen LogP contribution in [-0.4, -0.2) is 48.6 Å². The van der Waals surface area contributed by atoms with E-state index in [9.17, 15) is 18.4 Å². The minimum Gasteiger partial charge on any atom is -0.453 e. The minimum atomic E-state index is -2.68. The number of ether oxygens (including phenoxy) is 1. The molecule has 7 heteroatoms. The predicted octanol–water partition coefficient (Wildman–Crippen LogP) is 2.65. The van der Waals surface area contributed by atoms with Gasteiger partial charge in [-0.05, 0) is 18.3 Å². The van der Waals surface area contributed by atoms with Gasteiger partial charge in [0.2, 0.25) is 5.91 Å². The molecule has 1 aliphatic heterocycles. The van der Waals surface area contributed by atoms with Gasteiger partial charge in [0, 0.05) is 19.0 Å². The highest BCUT2D eigenvalue weighted by molar-refractivity contribution is 5.86. The molecule has 1 heterocycles. The summed E-state index contributed by atoms with van der Waals surface area (Å²) in [6.07, 6.45) is -0.514. The Kier molecular flexibility index (Phi) is 4.61. The van der Waals surface area contributed by atoms with Crippen molar-refractivity contribution in [3.8, 4) is 0 Å². The molecule has 23 heavy (non-hydrogen) atoms. The SMILES string of the molecule is COC(=O)N[C@H](C(=O)N1C[C@]2(C[C@H]1C(C)C)CC2(F)F)C(C)C. The molecule has 2 amide bonds. The van der Waals surface area contributed by atoms with E-state index in [1.165, 1.54) is 7.11 Å². The molecule has 0 aromatic rings. The molecule has 1 N–H and O–H groups in total. The molecule has 1 saturated carbocycles. The second kappa shape index (κ2) is 5.91. The molecule has 0 radical (unpaired) electrons. The van der Waals surface area contributed by atoms with Crippen LogP contribution in [0.1, 0.15) is 40.5 Å². The van der Waals surface area contributed by atoms with Crippen molar-refractivity contribution in [1.29, 1.82) is 0 Å². The second-order valence-electron chi connectivity index (χ2n) is 7.50. The Hall–Kier alpha value is -1.40. The number of amides is 2. The Labute approximate surface area is 135 Å². The van der Waals surface area contributed by atoms with Gasteiger partial charge in [0.05, 0.1) is 12.5 Å². The lowest BCUT2D eigenvalue weighted by molar-refractivity contribution is -0.136. The van der Waals surface area contributed by atoms with E-state index in [4.69, 9.17) is 0 Å². The minimum absolute atomic E-state index is 0.0632.